The van der Waals surface area contributed by atoms with E-state index in [2.05, 4.69) is 20.1 Å². The number of aryl methyl sites for hydroxylation is 1. The molecule has 7 nitrogen and oxygen atoms in total. The van der Waals surface area contributed by atoms with E-state index >= 15 is 0 Å². The van der Waals surface area contributed by atoms with Gasteiger partial charge in [-0.05, 0) is 62.4 Å². The van der Waals surface area contributed by atoms with Gasteiger partial charge in [0.05, 0.1) is 21.5 Å². The Morgan fingerprint density at radius 2 is 2.00 bits per heavy atom. The number of hydrogen-bond acceptors (Lipinski definition) is 8. The van der Waals surface area contributed by atoms with Gasteiger partial charge in [0.25, 0.3) is 0 Å². The largest absolute Gasteiger partial charge is 0.373 e. The van der Waals surface area contributed by atoms with E-state index in [4.69, 9.17) is 10.9 Å². The Labute approximate surface area is 173 Å². The van der Waals surface area contributed by atoms with Gasteiger partial charge in [-0.2, -0.15) is 5.90 Å². The first-order valence-electron chi connectivity index (χ1n) is 9.66. The van der Waals surface area contributed by atoms with Crippen LogP contribution in [0.25, 0.3) is 10.6 Å². The number of nitrogens with two attached hydrogens (primary N) is 1. The lowest BCUT2D eigenvalue weighted by atomic mass is 9.82. The fourth-order valence-corrected chi connectivity index (χ4v) is 4.70. The van der Waals surface area contributed by atoms with Crippen LogP contribution < -0.4 is 11.2 Å². The van der Waals surface area contributed by atoms with Crippen LogP contribution in [0.4, 0.5) is 11.6 Å². The van der Waals surface area contributed by atoms with Gasteiger partial charge in [0.15, 0.2) is 0 Å². The fraction of sp³-hybridized carbons (Fsp3) is 0.333. The molecule has 1 fully saturated rings. The van der Waals surface area contributed by atoms with Gasteiger partial charge in [0.2, 0.25) is 0 Å². The number of thiazole rings is 1. The molecule has 1 aliphatic carbocycles. The molecule has 150 valence electrons. The van der Waals surface area contributed by atoms with Crippen molar-refractivity contribution in [2.24, 2.45) is 11.8 Å². The Kier molecular flexibility index (Phi) is 5.82. The zero-order chi connectivity index (χ0) is 20.2. The van der Waals surface area contributed by atoms with Crippen LogP contribution in [0.15, 0.2) is 42.7 Å². The highest BCUT2D eigenvalue weighted by molar-refractivity contribution is 7.15. The molecule has 0 aromatic carbocycles. The zero-order valence-electron chi connectivity index (χ0n) is 16.2. The highest BCUT2D eigenvalue weighted by atomic mass is 32.1. The number of rotatable bonds is 5. The summed E-state index contributed by atoms with van der Waals surface area (Å²) in [5, 5.41) is 4.35. The molecule has 0 amide bonds. The minimum absolute atomic E-state index is 0.0877. The maximum atomic E-state index is 11.6. The molecule has 1 saturated carbocycles. The number of pyridine rings is 2. The van der Waals surface area contributed by atoms with Crippen LogP contribution in [-0.2, 0) is 9.63 Å². The lowest BCUT2D eigenvalue weighted by molar-refractivity contribution is -0.150. The summed E-state index contributed by atoms with van der Waals surface area (Å²) in [6.07, 6.45) is 7.07. The molecule has 3 aromatic rings. The Hall–Kier alpha value is -2.84. The molecule has 3 heterocycles. The highest BCUT2D eigenvalue weighted by Crippen LogP contribution is 2.39. The van der Waals surface area contributed by atoms with E-state index in [1.807, 2.05) is 43.5 Å². The normalized spacial score (nSPS) is 19.0. The van der Waals surface area contributed by atoms with Crippen molar-refractivity contribution in [1.82, 2.24) is 15.0 Å². The van der Waals surface area contributed by atoms with Crippen LogP contribution in [0.5, 0.6) is 0 Å². The van der Waals surface area contributed by atoms with Crippen molar-refractivity contribution in [2.75, 3.05) is 5.32 Å². The zero-order valence-corrected chi connectivity index (χ0v) is 17.0. The van der Waals surface area contributed by atoms with Crippen molar-refractivity contribution in [2.45, 2.75) is 38.5 Å². The van der Waals surface area contributed by atoms with Gasteiger partial charge in [-0.1, -0.05) is 6.07 Å². The fourth-order valence-electron chi connectivity index (χ4n) is 3.64. The SMILES string of the molecule is Cc1ccnc(Nc2cccc(-c3cnc(C4CCC(C(=O)ON)CC4)s3)n2)c1. The predicted molar refractivity (Wildman–Crippen MR) is 113 cm³/mol. The van der Waals surface area contributed by atoms with E-state index < -0.39 is 0 Å². The summed E-state index contributed by atoms with van der Waals surface area (Å²) in [6.45, 7) is 2.03. The number of nitrogens with zero attached hydrogens (tertiary/aromatic N) is 3. The van der Waals surface area contributed by atoms with E-state index in [1.165, 1.54) is 0 Å². The van der Waals surface area contributed by atoms with Gasteiger partial charge in [0, 0.05) is 18.3 Å². The number of aromatic nitrogens is 3. The van der Waals surface area contributed by atoms with Gasteiger partial charge in [-0.15, -0.1) is 11.3 Å². The molecule has 0 aliphatic heterocycles. The van der Waals surface area contributed by atoms with Crippen LogP contribution in [0.1, 0.15) is 42.2 Å². The number of carbonyl (C=O) groups excluding carboxylic acids is 1. The van der Waals surface area contributed by atoms with Crippen LogP contribution in [-0.4, -0.2) is 20.9 Å². The van der Waals surface area contributed by atoms with E-state index in [0.717, 1.165) is 58.5 Å². The maximum Gasteiger partial charge on any atom is 0.327 e. The summed E-state index contributed by atoms with van der Waals surface area (Å²) in [6, 6.07) is 9.83. The van der Waals surface area contributed by atoms with Crippen molar-refractivity contribution < 1.29 is 9.63 Å². The number of nitrogens with one attached hydrogen (secondary N) is 1. The molecule has 0 spiro atoms. The minimum atomic E-state index is -0.306. The molecule has 0 bridgehead atoms. The first-order valence-corrected chi connectivity index (χ1v) is 10.5. The Morgan fingerprint density at radius 1 is 1.17 bits per heavy atom. The molecule has 0 radical (unpaired) electrons. The summed E-state index contributed by atoms with van der Waals surface area (Å²) in [5.74, 6) is 6.50. The standard InChI is InChI=1S/C21H23N5O2S/c1-13-9-10-23-19(11-13)26-18-4-2-3-16(25-18)17-12-24-20(29-17)14-5-7-15(8-6-14)21(27)28-22/h2-4,9-12,14-15H,5-8,22H2,1H3,(H,23,25,26). The lowest BCUT2D eigenvalue weighted by Gasteiger charge is -2.25. The van der Waals surface area contributed by atoms with E-state index in [9.17, 15) is 4.79 Å². The van der Waals surface area contributed by atoms with Crippen molar-refractivity contribution in [3.63, 3.8) is 0 Å². The quantitative estimate of drug-likeness (QED) is 0.604. The number of anilines is 2. The van der Waals surface area contributed by atoms with E-state index in [0.29, 0.717) is 5.92 Å². The topological polar surface area (TPSA) is 103 Å². The summed E-state index contributed by atoms with van der Waals surface area (Å²) >= 11 is 1.67. The Bertz CT molecular complexity index is 998. The molecular formula is C21H23N5O2S. The molecule has 4 rings (SSSR count). The second-order valence-electron chi connectivity index (χ2n) is 7.30. The van der Waals surface area contributed by atoms with Gasteiger partial charge >= 0.3 is 5.97 Å². The van der Waals surface area contributed by atoms with Crippen LogP contribution in [0, 0.1) is 12.8 Å². The highest BCUT2D eigenvalue weighted by Gasteiger charge is 2.29. The minimum Gasteiger partial charge on any atom is -0.373 e. The predicted octanol–water partition coefficient (Wildman–Crippen LogP) is 4.34. The van der Waals surface area contributed by atoms with Crippen molar-refractivity contribution in [3.05, 3.63) is 53.3 Å². The smallest absolute Gasteiger partial charge is 0.327 e. The van der Waals surface area contributed by atoms with Gasteiger partial charge < -0.3 is 10.2 Å². The first-order chi connectivity index (χ1) is 14.1. The molecule has 29 heavy (non-hydrogen) atoms. The molecule has 3 N–H and O–H groups in total. The second kappa shape index (κ2) is 8.67. The van der Waals surface area contributed by atoms with E-state index in [-0.39, 0.29) is 11.9 Å². The maximum absolute atomic E-state index is 11.6. The lowest BCUT2D eigenvalue weighted by Crippen LogP contribution is -2.25. The van der Waals surface area contributed by atoms with Crippen molar-refractivity contribution >= 4 is 28.9 Å². The third-order valence-corrected chi connectivity index (χ3v) is 6.40. The number of carbonyl (C=O) groups is 1. The first kappa shape index (κ1) is 19.5. The van der Waals surface area contributed by atoms with Gasteiger partial charge in [0.1, 0.15) is 11.6 Å². The number of hydrogen-bond donors (Lipinski definition) is 2. The second-order valence-corrected chi connectivity index (χ2v) is 8.36. The third kappa shape index (κ3) is 4.60. The molecular weight excluding hydrogens is 386 g/mol. The monoisotopic (exact) mass is 409 g/mol. The van der Waals surface area contributed by atoms with Crippen LogP contribution in [0.3, 0.4) is 0 Å². The van der Waals surface area contributed by atoms with E-state index in [1.54, 1.807) is 17.5 Å². The summed E-state index contributed by atoms with van der Waals surface area (Å²) < 4.78 is 0. The van der Waals surface area contributed by atoms with Gasteiger partial charge in [-0.25, -0.2) is 15.0 Å². The molecule has 0 unspecified atom stereocenters. The summed E-state index contributed by atoms with van der Waals surface area (Å²) in [5.41, 5.74) is 2.02. The third-order valence-electron chi connectivity index (χ3n) is 5.22. The van der Waals surface area contributed by atoms with Crippen molar-refractivity contribution in [3.8, 4) is 10.6 Å². The average molecular weight is 410 g/mol. The van der Waals surface area contributed by atoms with Crippen molar-refractivity contribution in [1.29, 1.82) is 0 Å². The molecule has 8 heteroatoms. The molecule has 0 atom stereocenters. The summed E-state index contributed by atoms with van der Waals surface area (Å²) in [4.78, 5) is 30.7. The molecule has 3 aromatic heterocycles. The Balaban J connectivity index is 1.45. The summed E-state index contributed by atoms with van der Waals surface area (Å²) in [7, 11) is 0. The van der Waals surface area contributed by atoms with Gasteiger partial charge in [-0.3, -0.25) is 4.79 Å². The Morgan fingerprint density at radius 3 is 2.76 bits per heavy atom. The van der Waals surface area contributed by atoms with Crippen LogP contribution in [0.2, 0.25) is 0 Å². The average Bonchev–Trinajstić information content (AvgIpc) is 3.24. The molecule has 0 saturated heterocycles. The van der Waals surface area contributed by atoms with Crippen LogP contribution >= 0.6 is 11.3 Å². The molecule has 1 aliphatic rings.